The van der Waals surface area contributed by atoms with E-state index < -0.39 is 4.92 Å². The van der Waals surface area contributed by atoms with Gasteiger partial charge in [-0.2, -0.15) is 0 Å². The zero-order valence-corrected chi connectivity index (χ0v) is 24.6. The zero-order chi connectivity index (χ0) is 30.1. The van der Waals surface area contributed by atoms with Crippen LogP contribution in [0.1, 0.15) is 34.7 Å². The second kappa shape index (κ2) is 11.6. The van der Waals surface area contributed by atoms with Gasteiger partial charge in [-0.05, 0) is 92.3 Å². The molecular weight excluding hydrogens is 562 g/mol. The average molecular weight is 592 g/mol. The average Bonchev–Trinajstić information content (AvgIpc) is 3.52. The molecule has 43 heavy (non-hydrogen) atoms. The summed E-state index contributed by atoms with van der Waals surface area (Å²) < 4.78 is 13.7. The first-order valence-electron chi connectivity index (χ1n) is 13.7. The summed E-state index contributed by atoms with van der Waals surface area (Å²) >= 11 is 5.93. The highest BCUT2D eigenvalue weighted by Crippen LogP contribution is 2.44. The molecule has 0 radical (unpaired) electrons. The van der Waals surface area contributed by atoms with Gasteiger partial charge in [0.2, 0.25) is 0 Å². The summed E-state index contributed by atoms with van der Waals surface area (Å²) in [6.07, 6.45) is 1.78. The first-order valence-corrected chi connectivity index (χ1v) is 14.1. The van der Waals surface area contributed by atoms with E-state index in [1.54, 1.807) is 12.3 Å². The van der Waals surface area contributed by atoms with Gasteiger partial charge in [0.05, 0.1) is 41.6 Å². The first kappa shape index (κ1) is 27.9. The number of hydrogen-bond donors (Lipinski definition) is 1. The van der Waals surface area contributed by atoms with Gasteiger partial charge in [-0.1, -0.05) is 24.3 Å². The van der Waals surface area contributed by atoms with Gasteiger partial charge >= 0.3 is 0 Å². The Morgan fingerprint density at radius 1 is 0.930 bits per heavy atom. The molecule has 1 saturated heterocycles. The number of nitrogens with one attached hydrogen (secondary N) is 1. The number of thiocarbonyl (C=S) groups is 1. The molecule has 0 aliphatic carbocycles. The summed E-state index contributed by atoms with van der Waals surface area (Å²) in [4.78, 5) is 17.8. The molecule has 2 atom stereocenters. The van der Waals surface area contributed by atoms with E-state index in [0.29, 0.717) is 22.3 Å². The third-order valence-corrected chi connectivity index (χ3v) is 7.91. The SMILES string of the molecule is COc1cc([N+](=O)[O-])ccc1-n1c(C)cc([C@H]2[C@@H](c3ccccn3)NC(=S)N2c2ccc(Oc3ccccc3)cc2)c1C. The zero-order valence-electron chi connectivity index (χ0n) is 23.8. The smallest absolute Gasteiger partial charge is 0.273 e. The molecule has 1 N–H and O–H groups in total. The predicted molar refractivity (Wildman–Crippen MR) is 169 cm³/mol. The maximum Gasteiger partial charge on any atom is 0.273 e. The van der Waals surface area contributed by atoms with Crippen LogP contribution < -0.4 is 19.7 Å². The second-order valence-electron chi connectivity index (χ2n) is 10.2. The van der Waals surface area contributed by atoms with Crippen LogP contribution in [0.5, 0.6) is 17.2 Å². The van der Waals surface area contributed by atoms with Crippen molar-refractivity contribution in [2.75, 3.05) is 12.0 Å². The summed E-state index contributed by atoms with van der Waals surface area (Å²) in [6, 6.07) is 29.7. The van der Waals surface area contributed by atoms with E-state index in [0.717, 1.165) is 34.1 Å². The number of pyridine rings is 1. The van der Waals surface area contributed by atoms with E-state index >= 15 is 0 Å². The van der Waals surface area contributed by atoms with Crippen molar-refractivity contribution in [1.82, 2.24) is 14.9 Å². The fourth-order valence-electron chi connectivity index (χ4n) is 5.67. The van der Waals surface area contributed by atoms with Crippen LogP contribution in [0.2, 0.25) is 0 Å². The van der Waals surface area contributed by atoms with Crippen molar-refractivity contribution in [3.05, 3.63) is 136 Å². The lowest BCUT2D eigenvalue weighted by molar-refractivity contribution is -0.384. The van der Waals surface area contributed by atoms with Gasteiger partial charge in [0, 0.05) is 29.3 Å². The molecule has 10 heteroatoms. The Kier molecular flexibility index (Phi) is 7.52. The highest BCUT2D eigenvalue weighted by atomic mass is 32.1. The van der Waals surface area contributed by atoms with E-state index in [9.17, 15) is 10.1 Å². The maximum atomic E-state index is 11.4. The Morgan fingerprint density at radius 2 is 1.65 bits per heavy atom. The van der Waals surface area contributed by atoms with Gasteiger partial charge in [-0.3, -0.25) is 15.1 Å². The van der Waals surface area contributed by atoms with Crippen molar-refractivity contribution >= 4 is 28.7 Å². The van der Waals surface area contributed by atoms with Crippen molar-refractivity contribution in [3.63, 3.8) is 0 Å². The first-order chi connectivity index (χ1) is 20.9. The third kappa shape index (κ3) is 5.28. The molecule has 6 rings (SSSR count). The molecule has 0 bridgehead atoms. The van der Waals surface area contributed by atoms with E-state index in [1.165, 1.54) is 19.2 Å². The molecule has 9 nitrogen and oxygen atoms in total. The molecule has 1 aliphatic rings. The number of nitro groups is 1. The van der Waals surface area contributed by atoms with Crippen LogP contribution in [0.15, 0.2) is 103 Å². The Hall–Kier alpha value is -5.22. The fourth-order valence-corrected chi connectivity index (χ4v) is 6.02. The highest BCUT2D eigenvalue weighted by Gasteiger charge is 2.42. The molecule has 3 heterocycles. The van der Waals surface area contributed by atoms with Crippen molar-refractivity contribution in [2.45, 2.75) is 25.9 Å². The summed E-state index contributed by atoms with van der Waals surface area (Å²) in [7, 11) is 1.51. The number of para-hydroxylation sites is 1. The minimum absolute atomic E-state index is 0.0327. The van der Waals surface area contributed by atoms with Crippen molar-refractivity contribution in [3.8, 4) is 22.9 Å². The largest absolute Gasteiger partial charge is 0.494 e. The van der Waals surface area contributed by atoms with E-state index in [1.807, 2.05) is 86.6 Å². The van der Waals surface area contributed by atoms with Crippen LogP contribution in [0.25, 0.3) is 5.69 Å². The van der Waals surface area contributed by atoms with Gasteiger partial charge in [-0.15, -0.1) is 0 Å². The molecule has 0 amide bonds. The number of anilines is 1. The predicted octanol–water partition coefficient (Wildman–Crippen LogP) is 7.38. The summed E-state index contributed by atoms with van der Waals surface area (Å²) in [5.41, 5.74) is 5.38. The number of ether oxygens (including phenoxy) is 2. The van der Waals surface area contributed by atoms with Gasteiger partial charge in [0.1, 0.15) is 17.2 Å². The molecule has 0 unspecified atom stereocenters. The number of methoxy groups -OCH3 is 1. The molecule has 0 spiro atoms. The Labute approximate surface area is 254 Å². The molecule has 0 saturated carbocycles. The Morgan fingerprint density at radius 3 is 2.33 bits per heavy atom. The van der Waals surface area contributed by atoms with Crippen LogP contribution in [-0.4, -0.2) is 26.7 Å². The van der Waals surface area contributed by atoms with Crippen molar-refractivity contribution < 1.29 is 14.4 Å². The minimum atomic E-state index is -0.427. The number of non-ortho nitro benzene ring substituents is 1. The standard InChI is InChI=1S/C33H29N5O4S/c1-21-19-27(22(2)36(21)29-17-14-24(38(39)40)20-30(29)41-3)32-31(28-11-7-8-18-34-28)35-33(43)37(32)23-12-15-26(16-13-23)42-25-9-5-4-6-10-25/h4-20,31-32H,1-3H3,(H,35,43)/t31-,32+/m1/s1. The molecular formula is C33H29N5O4S. The van der Waals surface area contributed by atoms with Crippen molar-refractivity contribution in [1.29, 1.82) is 0 Å². The normalized spacial score (nSPS) is 16.2. The summed E-state index contributed by atoms with van der Waals surface area (Å²) in [6.45, 7) is 4.04. The highest BCUT2D eigenvalue weighted by molar-refractivity contribution is 7.80. The quantitative estimate of drug-likeness (QED) is 0.114. The van der Waals surface area contributed by atoms with Crippen LogP contribution in [-0.2, 0) is 0 Å². The number of rotatable bonds is 8. The molecule has 216 valence electrons. The number of nitro benzene ring substituents is 1. The van der Waals surface area contributed by atoms with Crippen LogP contribution in [0.4, 0.5) is 11.4 Å². The van der Waals surface area contributed by atoms with Gasteiger partial charge < -0.3 is 24.3 Å². The molecule has 5 aromatic rings. The Bertz CT molecular complexity index is 1790. The van der Waals surface area contributed by atoms with Crippen LogP contribution in [0, 0.1) is 24.0 Å². The fraction of sp³-hybridized carbons (Fsp3) is 0.152. The van der Waals surface area contributed by atoms with E-state index in [2.05, 4.69) is 25.8 Å². The molecule has 3 aromatic carbocycles. The van der Waals surface area contributed by atoms with Crippen LogP contribution >= 0.6 is 12.2 Å². The molecule has 2 aromatic heterocycles. The maximum absolute atomic E-state index is 11.4. The Balaban J connectivity index is 1.43. The van der Waals surface area contributed by atoms with E-state index in [4.69, 9.17) is 21.7 Å². The number of aromatic nitrogens is 2. The number of hydrogen-bond acceptors (Lipinski definition) is 6. The number of nitrogens with zero attached hydrogens (tertiary/aromatic N) is 4. The monoisotopic (exact) mass is 591 g/mol. The lowest BCUT2D eigenvalue weighted by atomic mass is 9.96. The number of aryl methyl sites for hydroxylation is 1. The van der Waals surface area contributed by atoms with E-state index in [-0.39, 0.29) is 17.8 Å². The lowest BCUT2D eigenvalue weighted by Gasteiger charge is -2.28. The lowest BCUT2D eigenvalue weighted by Crippen LogP contribution is -2.29. The van der Waals surface area contributed by atoms with Crippen LogP contribution in [0.3, 0.4) is 0 Å². The summed E-state index contributed by atoms with van der Waals surface area (Å²) in [5, 5.41) is 15.5. The third-order valence-electron chi connectivity index (χ3n) is 7.60. The topological polar surface area (TPSA) is 94.7 Å². The van der Waals surface area contributed by atoms with Gasteiger partial charge in [0.25, 0.3) is 5.69 Å². The molecule has 1 fully saturated rings. The van der Waals surface area contributed by atoms with Crippen molar-refractivity contribution in [2.24, 2.45) is 0 Å². The second-order valence-corrected chi connectivity index (χ2v) is 10.6. The molecule has 1 aliphatic heterocycles. The van der Waals surface area contributed by atoms with Gasteiger partial charge in [-0.25, -0.2) is 0 Å². The number of benzene rings is 3. The summed E-state index contributed by atoms with van der Waals surface area (Å²) in [5.74, 6) is 1.89. The minimum Gasteiger partial charge on any atom is -0.494 e. The van der Waals surface area contributed by atoms with Gasteiger partial charge in [0.15, 0.2) is 5.11 Å².